The van der Waals surface area contributed by atoms with Crippen molar-refractivity contribution in [3.05, 3.63) is 65.2 Å². The Hall–Kier alpha value is -1.84. The molecule has 32 heavy (non-hydrogen) atoms. The third kappa shape index (κ3) is 7.94. The van der Waals surface area contributed by atoms with Crippen LogP contribution in [0.25, 0.3) is 0 Å². The summed E-state index contributed by atoms with van der Waals surface area (Å²) in [6.45, 7) is 7.25. The van der Waals surface area contributed by atoms with Gasteiger partial charge in [0.05, 0.1) is 26.3 Å². The monoisotopic (exact) mass is 552 g/mol. The molecule has 0 bridgehead atoms. The average molecular weight is 553 g/mol. The predicted molar refractivity (Wildman–Crippen MR) is 142 cm³/mol. The van der Waals surface area contributed by atoms with Crippen LogP contribution in [0.2, 0.25) is 0 Å². The van der Waals surface area contributed by atoms with Crippen molar-refractivity contribution in [2.75, 3.05) is 40.4 Å². The van der Waals surface area contributed by atoms with Crippen molar-refractivity contribution in [2.45, 2.75) is 39.0 Å². The predicted octanol–water partition coefficient (Wildman–Crippen LogP) is 4.35. The van der Waals surface area contributed by atoms with Crippen molar-refractivity contribution >= 4 is 29.9 Å². The van der Waals surface area contributed by atoms with Gasteiger partial charge in [0, 0.05) is 20.2 Å². The lowest BCUT2D eigenvalue weighted by molar-refractivity contribution is 0.185. The molecule has 1 aliphatic heterocycles. The fraction of sp³-hybridized carbons (Fsp3) is 0.480. The molecule has 6 nitrogen and oxygen atoms in total. The molecule has 0 aromatic heterocycles. The summed E-state index contributed by atoms with van der Waals surface area (Å²) in [7, 11) is 3.44. The highest BCUT2D eigenvalue weighted by Crippen LogP contribution is 2.27. The molecule has 1 unspecified atom stereocenters. The Morgan fingerprint density at radius 1 is 1.03 bits per heavy atom. The van der Waals surface area contributed by atoms with E-state index in [0.29, 0.717) is 13.2 Å². The van der Waals surface area contributed by atoms with Gasteiger partial charge in [-0.3, -0.25) is 4.90 Å². The second-order valence-electron chi connectivity index (χ2n) is 7.86. The zero-order chi connectivity index (χ0) is 21.9. The summed E-state index contributed by atoms with van der Waals surface area (Å²) in [5, 5.41) is 6.95. The van der Waals surface area contributed by atoms with E-state index in [0.717, 1.165) is 37.9 Å². The Morgan fingerprint density at radius 3 is 2.41 bits per heavy atom. The molecule has 1 heterocycles. The van der Waals surface area contributed by atoms with Crippen molar-refractivity contribution in [1.29, 1.82) is 0 Å². The molecule has 0 amide bonds. The van der Waals surface area contributed by atoms with Gasteiger partial charge in [0.2, 0.25) is 0 Å². The number of benzene rings is 2. The highest BCUT2D eigenvalue weighted by Gasteiger charge is 2.24. The van der Waals surface area contributed by atoms with Crippen LogP contribution in [0.4, 0.5) is 0 Å². The first-order chi connectivity index (χ1) is 15.2. The molecule has 1 atom stereocenters. The van der Waals surface area contributed by atoms with E-state index in [9.17, 15) is 0 Å². The molecule has 0 radical (unpaired) electrons. The first-order valence-corrected chi connectivity index (χ1v) is 11.2. The Kier molecular flexibility index (Phi) is 11.8. The Morgan fingerprint density at radius 2 is 1.75 bits per heavy atom. The Balaban J connectivity index is 0.00000363. The summed E-state index contributed by atoms with van der Waals surface area (Å²) < 4.78 is 10.6. The quantitative estimate of drug-likeness (QED) is 0.261. The summed E-state index contributed by atoms with van der Waals surface area (Å²) in [6.07, 6.45) is 2.52. The van der Waals surface area contributed by atoms with Crippen molar-refractivity contribution in [3.8, 4) is 5.75 Å². The number of hydrogen-bond donors (Lipinski definition) is 2. The van der Waals surface area contributed by atoms with Crippen molar-refractivity contribution in [2.24, 2.45) is 4.99 Å². The minimum Gasteiger partial charge on any atom is -0.497 e. The van der Waals surface area contributed by atoms with Crippen molar-refractivity contribution in [1.82, 2.24) is 15.5 Å². The number of halogens is 1. The lowest BCUT2D eigenvalue weighted by Gasteiger charge is -2.29. The first-order valence-electron chi connectivity index (χ1n) is 11.2. The van der Waals surface area contributed by atoms with Crippen LogP contribution >= 0.6 is 24.0 Å². The highest BCUT2D eigenvalue weighted by molar-refractivity contribution is 14.0. The molecule has 3 rings (SSSR count). The standard InChI is InChI=1S/C25H36N4O2.HI/c1-4-26-25(27-17-20-10-12-21(13-11-20)19-30-2)28-18-24(29-14-5-6-15-29)22-8-7-9-23(16-22)31-3;/h7-13,16,24H,4-6,14-15,17-19H2,1-3H3,(H2,26,27,28);1H. The fourth-order valence-corrected chi connectivity index (χ4v) is 3.97. The third-order valence-corrected chi connectivity index (χ3v) is 5.62. The second-order valence-corrected chi connectivity index (χ2v) is 7.86. The van der Waals surface area contributed by atoms with E-state index >= 15 is 0 Å². The minimum absolute atomic E-state index is 0. The van der Waals surface area contributed by atoms with Gasteiger partial charge >= 0.3 is 0 Å². The van der Waals surface area contributed by atoms with Crippen LogP contribution in [0.15, 0.2) is 53.5 Å². The molecule has 2 N–H and O–H groups in total. The zero-order valence-electron chi connectivity index (χ0n) is 19.5. The van der Waals surface area contributed by atoms with Gasteiger partial charge in [0.25, 0.3) is 0 Å². The molecule has 0 saturated carbocycles. The number of hydrogen-bond acceptors (Lipinski definition) is 4. The highest BCUT2D eigenvalue weighted by atomic mass is 127. The molecule has 0 aliphatic carbocycles. The summed E-state index contributed by atoms with van der Waals surface area (Å²) in [4.78, 5) is 7.36. The van der Waals surface area contributed by atoms with Gasteiger partial charge in [-0.25, -0.2) is 4.99 Å². The second kappa shape index (κ2) is 14.3. The lowest BCUT2D eigenvalue weighted by Crippen LogP contribution is -2.42. The molecular weight excluding hydrogens is 515 g/mol. The lowest BCUT2D eigenvalue weighted by atomic mass is 10.1. The molecular formula is C25H37IN4O2. The summed E-state index contributed by atoms with van der Waals surface area (Å²) in [5.41, 5.74) is 3.63. The number of rotatable bonds is 10. The number of aliphatic imine (C=N–C) groups is 1. The van der Waals surface area contributed by atoms with Gasteiger partial charge in [-0.1, -0.05) is 36.4 Å². The topological polar surface area (TPSA) is 58.1 Å². The van der Waals surface area contributed by atoms with Gasteiger partial charge in [0.1, 0.15) is 5.75 Å². The summed E-state index contributed by atoms with van der Waals surface area (Å²) >= 11 is 0. The maximum absolute atomic E-state index is 5.46. The molecule has 1 fully saturated rings. The van der Waals surface area contributed by atoms with Crippen LogP contribution in [0.1, 0.15) is 42.5 Å². The van der Waals surface area contributed by atoms with Gasteiger partial charge in [-0.2, -0.15) is 0 Å². The van der Waals surface area contributed by atoms with Gasteiger partial charge in [-0.15, -0.1) is 24.0 Å². The van der Waals surface area contributed by atoms with Gasteiger partial charge < -0.3 is 20.1 Å². The zero-order valence-corrected chi connectivity index (χ0v) is 21.8. The van der Waals surface area contributed by atoms with E-state index in [1.807, 2.05) is 6.07 Å². The maximum Gasteiger partial charge on any atom is 0.191 e. The van der Waals surface area contributed by atoms with Crippen molar-refractivity contribution in [3.63, 3.8) is 0 Å². The normalized spacial score (nSPS) is 15.2. The van der Waals surface area contributed by atoms with Crippen LogP contribution in [-0.4, -0.2) is 51.3 Å². The van der Waals surface area contributed by atoms with Gasteiger partial charge in [-0.05, 0) is 61.7 Å². The Labute approximate surface area is 209 Å². The van der Waals surface area contributed by atoms with Crippen LogP contribution in [-0.2, 0) is 17.9 Å². The number of guanidine groups is 1. The smallest absolute Gasteiger partial charge is 0.191 e. The van der Waals surface area contributed by atoms with E-state index < -0.39 is 0 Å². The fourth-order valence-electron chi connectivity index (χ4n) is 3.97. The molecule has 0 spiro atoms. The van der Waals surface area contributed by atoms with E-state index in [1.54, 1.807) is 14.2 Å². The van der Waals surface area contributed by atoms with Crippen LogP contribution in [0.3, 0.4) is 0 Å². The number of likely N-dealkylation sites (tertiary alicyclic amines) is 1. The summed E-state index contributed by atoms with van der Waals surface area (Å²) in [6, 6.07) is 17.1. The summed E-state index contributed by atoms with van der Waals surface area (Å²) in [5.74, 6) is 1.75. The van der Waals surface area contributed by atoms with E-state index in [1.165, 1.54) is 29.5 Å². The SMILES string of the molecule is CCNC(=NCc1ccc(COC)cc1)NCC(c1cccc(OC)c1)N1CCCC1.I. The number of nitrogens with one attached hydrogen (secondary N) is 2. The third-order valence-electron chi connectivity index (χ3n) is 5.62. The molecule has 2 aromatic carbocycles. The maximum atomic E-state index is 5.46. The van der Waals surface area contributed by atoms with Gasteiger partial charge in [0.15, 0.2) is 5.96 Å². The first kappa shape index (κ1) is 26.4. The number of methoxy groups -OCH3 is 2. The molecule has 2 aromatic rings. The minimum atomic E-state index is 0. The average Bonchev–Trinajstić information content (AvgIpc) is 3.33. The van der Waals surface area contributed by atoms with E-state index in [4.69, 9.17) is 14.5 Å². The number of nitrogens with zero attached hydrogens (tertiary/aromatic N) is 2. The molecule has 1 aliphatic rings. The van der Waals surface area contributed by atoms with Crippen LogP contribution in [0.5, 0.6) is 5.75 Å². The molecule has 176 valence electrons. The van der Waals surface area contributed by atoms with E-state index in [-0.39, 0.29) is 30.0 Å². The van der Waals surface area contributed by atoms with Crippen LogP contribution < -0.4 is 15.4 Å². The molecule has 7 heteroatoms. The van der Waals surface area contributed by atoms with Crippen molar-refractivity contribution < 1.29 is 9.47 Å². The molecule has 1 saturated heterocycles. The Bertz CT molecular complexity index is 823. The number of ether oxygens (including phenoxy) is 2. The van der Waals surface area contributed by atoms with E-state index in [2.05, 4.69) is 64.9 Å². The largest absolute Gasteiger partial charge is 0.497 e. The van der Waals surface area contributed by atoms with Crippen LogP contribution in [0, 0.1) is 0 Å².